The summed E-state index contributed by atoms with van der Waals surface area (Å²) < 4.78 is 0. The summed E-state index contributed by atoms with van der Waals surface area (Å²) in [5.74, 6) is 0. The molecule has 0 amide bonds. The number of nitrogens with zero attached hydrogens (tertiary/aromatic N) is 1. The van der Waals surface area contributed by atoms with E-state index < -0.39 is 0 Å². The van der Waals surface area contributed by atoms with Crippen LogP contribution in [0.2, 0.25) is 0 Å². The molecule has 0 aliphatic heterocycles. The molecule has 0 saturated carbocycles. The summed E-state index contributed by atoms with van der Waals surface area (Å²) in [5, 5.41) is 23.3. The Hall–Kier alpha value is -2.40. The van der Waals surface area contributed by atoms with Gasteiger partial charge in [0.2, 0.25) is 0 Å². The van der Waals surface area contributed by atoms with Gasteiger partial charge in [-0.05, 0) is 43.5 Å². The highest BCUT2D eigenvalue weighted by atomic mass is 16.6. The van der Waals surface area contributed by atoms with Gasteiger partial charge in [-0.1, -0.05) is 24.3 Å². The molecular formula is C17H20N2O3. The molecule has 0 spiro atoms. The van der Waals surface area contributed by atoms with E-state index in [1.165, 1.54) is 6.07 Å². The van der Waals surface area contributed by atoms with E-state index in [2.05, 4.69) is 5.32 Å². The van der Waals surface area contributed by atoms with Crippen LogP contribution in [-0.2, 0) is 6.42 Å². The molecule has 0 radical (unpaired) electrons. The van der Waals surface area contributed by atoms with Gasteiger partial charge in [0, 0.05) is 30.0 Å². The fourth-order valence-corrected chi connectivity index (χ4v) is 2.53. The van der Waals surface area contributed by atoms with E-state index in [4.69, 9.17) is 5.11 Å². The Labute approximate surface area is 129 Å². The molecule has 0 fully saturated rings. The smallest absolute Gasteiger partial charge is 0.272 e. The molecule has 1 atom stereocenters. The monoisotopic (exact) mass is 300 g/mol. The topological polar surface area (TPSA) is 75.4 Å². The molecule has 2 N–H and O–H groups in total. The summed E-state index contributed by atoms with van der Waals surface area (Å²) in [5.41, 5.74) is 3.76. The lowest BCUT2D eigenvalue weighted by molar-refractivity contribution is -0.385. The number of nitrogens with one attached hydrogen (secondary N) is 1. The van der Waals surface area contributed by atoms with Gasteiger partial charge in [-0.2, -0.15) is 0 Å². The average Bonchev–Trinajstić information content (AvgIpc) is 2.49. The quantitative estimate of drug-likeness (QED) is 0.631. The number of nitro benzene ring substituents is 1. The molecule has 2 rings (SSSR count). The third kappa shape index (κ3) is 3.62. The van der Waals surface area contributed by atoms with Gasteiger partial charge in [-0.3, -0.25) is 10.1 Å². The van der Waals surface area contributed by atoms with Crippen LogP contribution in [0, 0.1) is 17.0 Å². The van der Waals surface area contributed by atoms with Gasteiger partial charge in [-0.15, -0.1) is 0 Å². The largest absolute Gasteiger partial charge is 0.396 e. The SMILES string of the molecule is Cc1c(C(C)Nc2ccc(CCO)cc2)cccc1[N+](=O)[O-]. The normalized spacial score (nSPS) is 12.0. The van der Waals surface area contributed by atoms with Crippen molar-refractivity contribution in [3.63, 3.8) is 0 Å². The predicted molar refractivity (Wildman–Crippen MR) is 87.1 cm³/mol. The Morgan fingerprint density at radius 1 is 1.23 bits per heavy atom. The maximum atomic E-state index is 11.0. The van der Waals surface area contributed by atoms with Crippen LogP contribution in [0.4, 0.5) is 11.4 Å². The fraction of sp³-hybridized carbons (Fsp3) is 0.294. The van der Waals surface area contributed by atoms with Crippen molar-refractivity contribution in [2.75, 3.05) is 11.9 Å². The average molecular weight is 300 g/mol. The second kappa shape index (κ2) is 7.04. The van der Waals surface area contributed by atoms with E-state index >= 15 is 0 Å². The van der Waals surface area contributed by atoms with E-state index in [0.29, 0.717) is 12.0 Å². The van der Waals surface area contributed by atoms with Crippen molar-refractivity contribution < 1.29 is 10.0 Å². The first-order valence-corrected chi connectivity index (χ1v) is 7.23. The van der Waals surface area contributed by atoms with Crippen molar-refractivity contribution in [3.8, 4) is 0 Å². The van der Waals surface area contributed by atoms with Crippen molar-refractivity contribution in [3.05, 3.63) is 69.3 Å². The molecule has 22 heavy (non-hydrogen) atoms. The first-order chi connectivity index (χ1) is 10.5. The Balaban J connectivity index is 2.17. The predicted octanol–water partition coefficient (Wildman–Crippen LogP) is 3.61. The Bertz CT molecular complexity index is 653. The number of nitro groups is 1. The highest BCUT2D eigenvalue weighted by Gasteiger charge is 2.16. The van der Waals surface area contributed by atoms with Crippen LogP contribution in [0.15, 0.2) is 42.5 Å². The van der Waals surface area contributed by atoms with Gasteiger partial charge in [0.05, 0.1) is 4.92 Å². The van der Waals surface area contributed by atoms with Crippen LogP contribution in [0.1, 0.15) is 29.7 Å². The standard InChI is InChI=1S/C17H20N2O3/c1-12-16(4-3-5-17(12)19(21)22)13(2)18-15-8-6-14(7-9-15)10-11-20/h3-9,13,18,20H,10-11H2,1-2H3. The molecule has 0 aromatic heterocycles. The van der Waals surface area contributed by atoms with Gasteiger partial charge in [-0.25, -0.2) is 0 Å². The highest BCUT2D eigenvalue weighted by molar-refractivity contribution is 5.51. The zero-order valence-electron chi connectivity index (χ0n) is 12.7. The highest BCUT2D eigenvalue weighted by Crippen LogP contribution is 2.28. The van der Waals surface area contributed by atoms with Gasteiger partial charge < -0.3 is 10.4 Å². The number of anilines is 1. The van der Waals surface area contributed by atoms with Crippen LogP contribution in [-0.4, -0.2) is 16.6 Å². The minimum Gasteiger partial charge on any atom is -0.396 e. The van der Waals surface area contributed by atoms with Gasteiger partial charge in [0.1, 0.15) is 0 Å². The number of aliphatic hydroxyl groups excluding tert-OH is 1. The molecule has 5 heteroatoms. The molecule has 0 heterocycles. The van der Waals surface area contributed by atoms with Gasteiger partial charge in [0.15, 0.2) is 0 Å². The fourth-order valence-electron chi connectivity index (χ4n) is 2.53. The second-order valence-corrected chi connectivity index (χ2v) is 5.29. The van der Waals surface area contributed by atoms with E-state index in [-0.39, 0.29) is 23.3 Å². The summed E-state index contributed by atoms with van der Waals surface area (Å²) in [4.78, 5) is 10.7. The van der Waals surface area contributed by atoms with E-state index in [1.54, 1.807) is 13.0 Å². The van der Waals surface area contributed by atoms with Crippen LogP contribution in [0.25, 0.3) is 0 Å². The lowest BCUT2D eigenvalue weighted by atomic mass is 10.0. The summed E-state index contributed by atoms with van der Waals surface area (Å²) in [6.45, 7) is 3.89. The van der Waals surface area contributed by atoms with Crippen molar-refractivity contribution in [2.45, 2.75) is 26.3 Å². The van der Waals surface area contributed by atoms with E-state index in [9.17, 15) is 10.1 Å². The summed E-state index contributed by atoms with van der Waals surface area (Å²) in [6.07, 6.45) is 0.639. The van der Waals surface area contributed by atoms with Crippen LogP contribution in [0.3, 0.4) is 0 Å². The third-order valence-electron chi connectivity index (χ3n) is 3.75. The van der Waals surface area contributed by atoms with Crippen LogP contribution >= 0.6 is 0 Å². The van der Waals surface area contributed by atoms with Crippen LogP contribution in [0.5, 0.6) is 0 Å². The summed E-state index contributed by atoms with van der Waals surface area (Å²) in [7, 11) is 0. The van der Waals surface area contributed by atoms with Gasteiger partial charge >= 0.3 is 0 Å². The molecule has 0 aliphatic rings. The molecule has 0 saturated heterocycles. The van der Waals surface area contributed by atoms with Crippen molar-refractivity contribution in [2.24, 2.45) is 0 Å². The Kier molecular flexibility index (Phi) is 5.12. The maximum absolute atomic E-state index is 11.0. The number of hydrogen-bond donors (Lipinski definition) is 2. The first kappa shape index (κ1) is 16.0. The molecule has 2 aromatic rings. The molecule has 5 nitrogen and oxygen atoms in total. The lowest BCUT2D eigenvalue weighted by Gasteiger charge is -2.18. The zero-order valence-corrected chi connectivity index (χ0v) is 12.7. The summed E-state index contributed by atoms with van der Waals surface area (Å²) >= 11 is 0. The molecule has 1 unspecified atom stereocenters. The first-order valence-electron chi connectivity index (χ1n) is 7.23. The van der Waals surface area contributed by atoms with Gasteiger partial charge in [0.25, 0.3) is 5.69 Å². The molecule has 116 valence electrons. The Morgan fingerprint density at radius 2 is 1.91 bits per heavy atom. The molecule has 2 aromatic carbocycles. The second-order valence-electron chi connectivity index (χ2n) is 5.29. The molecular weight excluding hydrogens is 280 g/mol. The molecule has 0 aliphatic carbocycles. The zero-order chi connectivity index (χ0) is 16.1. The maximum Gasteiger partial charge on any atom is 0.272 e. The number of hydrogen-bond acceptors (Lipinski definition) is 4. The number of benzene rings is 2. The van der Waals surface area contributed by atoms with Crippen molar-refractivity contribution in [1.82, 2.24) is 0 Å². The third-order valence-corrected chi connectivity index (χ3v) is 3.75. The lowest BCUT2D eigenvalue weighted by Crippen LogP contribution is -2.09. The number of aliphatic hydroxyl groups is 1. The van der Waals surface area contributed by atoms with Crippen molar-refractivity contribution >= 4 is 11.4 Å². The van der Waals surface area contributed by atoms with Crippen molar-refractivity contribution in [1.29, 1.82) is 0 Å². The molecule has 0 bridgehead atoms. The number of rotatable bonds is 6. The minimum atomic E-state index is -0.352. The van der Waals surface area contributed by atoms with Crippen LogP contribution < -0.4 is 5.32 Å². The Morgan fingerprint density at radius 3 is 2.50 bits per heavy atom. The minimum absolute atomic E-state index is 0.0383. The summed E-state index contributed by atoms with van der Waals surface area (Å²) in [6, 6.07) is 12.9. The van der Waals surface area contributed by atoms with E-state index in [0.717, 1.165) is 16.8 Å². The van der Waals surface area contributed by atoms with E-state index in [1.807, 2.05) is 37.3 Å².